The Morgan fingerprint density at radius 3 is 1.96 bits per heavy atom. The van der Waals surface area contributed by atoms with Crippen LogP contribution in [0.2, 0.25) is 0 Å². The molecule has 3 aliphatic rings. The zero-order valence-corrected chi connectivity index (χ0v) is 40.9. The van der Waals surface area contributed by atoms with E-state index in [2.05, 4.69) is 25.6 Å². The minimum atomic E-state index is -0.786. The van der Waals surface area contributed by atoms with E-state index in [0.29, 0.717) is 65.8 Å². The molecule has 71 heavy (non-hydrogen) atoms. The number of aromatic amines is 2. The quantitative estimate of drug-likeness (QED) is 0.0908. The number of carbonyl (C=O) groups is 4. The van der Waals surface area contributed by atoms with Gasteiger partial charge in [0, 0.05) is 53.8 Å². The number of thiazole rings is 1. The number of methoxy groups -OCH3 is 2. The van der Waals surface area contributed by atoms with E-state index >= 15 is 4.39 Å². The first-order chi connectivity index (χ1) is 34.3. The van der Waals surface area contributed by atoms with E-state index in [9.17, 15) is 19.2 Å². The van der Waals surface area contributed by atoms with Gasteiger partial charge in [0.05, 0.1) is 71.7 Å². The van der Waals surface area contributed by atoms with Gasteiger partial charge in [0.15, 0.2) is 0 Å². The standard InChI is InChI=1S/C51H54FN11O7S/c1-26(2)42(59-50(66)68-5)47(64)61-16-8-11-36(61)44-54-23-33(57-44)28-13-14-35-31(18-28)20-38-41-32(52)19-30(21-39(41)70-49(63(35)38)40-25-56-46(71-40)29-10-7-15-53-22-29)34-24-55-45(58-34)37-12-9-17-62(37)48(65)43(27(3)4)60-51(67)69-6/h7,10,13-15,18-27,36-37,42-43,49H,8-9,11-12,16-17H2,1-6H3,(H,54,57)(H,55,58)(H,59,66)(H,60,67)/t36-,37-,42?,43?,49?/m0/s1. The van der Waals surface area contributed by atoms with Crippen LogP contribution in [-0.2, 0) is 19.1 Å². The second kappa shape index (κ2) is 19.3. The maximum atomic E-state index is 17.0. The second-order valence-electron chi connectivity index (χ2n) is 18.7. The molecule has 5 aromatic heterocycles. The molecule has 3 unspecified atom stereocenters. The van der Waals surface area contributed by atoms with Crippen LogP contribution in [0.3, 0.4) is 0 Å². The molecule has 10 rings (SSSR count). The van der Waals surface area contributed by atoms with Gasteiger partial charge in [-0.05, 0) is 80.0 Å². The summed E-state index contributed by atoms with van der Waals surface area (Å²) < 4.78 is 35.5. The van der Waals surface area contributed by atoms with Crippen LogP contribution in [0.15, 0.2) is 79.5 Å². The Balaban J connectivity index is 0.983. The van der Waals surface area contributed by atoms with Gasteiger partial charge in [-0.3, -0.25) is 19.1 Å². The molecule has 368 valence electrons. The predicted molar refractivity (Wildman–Crippen MR) is 262 cm³/mol. The number of pyridine rings is 1. The fourth-order valence-electron chi connectivity index (χ4n) is 10.0. The third-order valence-electron chi connectivity index (χ3n) is 13.6. The van der Waals surface area contributed by atoms with Crippen molar-refractivity contribution < 1.29 is 37.8 Å². The van der Waals surface area contributed by atoms with Crippen LogP contribution in [0.25, 0.3) is 55.2 Å². The predicted octanol–water partition coefficient (Wildman–Crippen LogP) is 8.77. The lowest BCUT2D eigenvalue weighted by Gasteiger charge is -2.30. The summed E-state index contributed by atoms with van der Waals surface area (Å²) in [5.74, 6) is 0.249. The number of carbonyl (C=O) groups excluding carboxylic acids is 4. The van der Waals surface area contributed by atoms with Crippen molar-refractivity contribution in [2.75, 3.05) is 27.3 Å². The van der Waals surface area contributed by atoms with Crippen LogP contribution in [0.4, 0.5) is 14.0 Å². The molecule has 4 amide bonds. The summed E-state index contributed by atoms with van der Waals surface area (Å²) in [5, 5.41) is 6.97. The van der Waals surface area contributed by atoms with Crippen molar-refractivity contribution in [1.29, 1.82) is 0 Å². The largest absolute Gasteiger partial charge is 0.464 e. The van der Waals surface area contributed by atoms with Gasteiger partial charge in [0.2, 0.25) is 18.0 Å². The Bertz CT molecular complexity index is 3150. The van der Waals surface area contributed by atoms with Crippen molar-refractivity contribution in [3.8, 4) is 50.1 Å². The molecule has 0 spiro atoms. The lowest BCUT2D eigenvalue weighted by atomic mass is 10.0. The molecule has 3 aliphatic heterocycles. The number of hydrogen-bond donors (Lipinski definition) is 4. The zero-order chi connectivity index (χ0) is 49.7. The van der Waals surface area contributed by atoms with Crippen LogP contribution in [0.5, 0.6) is 5.75 Å². The van der Waals surface area contributed by atoms with Gasteiger partial charge in [0.1, 0.15) is 40.3 Å². The number of nitrogens with zero attached hydrogens (tertiary/aromatic N) is 7. The first kappa shape index (κ1) is 47.1. The summed E-state index contributed by atoms with van der Waals surface area (Å²) in [7, 11) is 2.54. The number of H-pyrrole nitrogens is 2. The number of imidazole rings is 2. The van der Waals surface area contributed by atoms with E-state index in [-0.39, 0.29) is 35.7 Å². The highest BCUT2D eigenvalue weighted by molar-refractivity contribution is 7.15. The summed E-state index contributed by atoms with van der Waals surface area (Å²) in [6.45, 7) is 8.51. The molecular formula is C51H54FN11O7S. The minimum Gasteiger partial charge on any atom is -0.464 e. The molecule has 4 N–H and O–H groups in total. The van der Waals surface area contributed by atoms with E-state index < -0.39 is 36.3 Å². The molecule has 18 nitrogen and oxygen atoms in total. The first-order valence-electron chi connectivity index (χ1n) is 23.7. The Morgan fingerprint density at radius 1 is 0.761 bits per heavy atom. The molecule has 5 atom stereocenters. The molecule has 0 aliphatic carbocycles. The Hall–Kier alpha value is -7.61. The van der Waals surface area contributed by atoms with E-state index in [1.165, 1.54) is 31.6 Å². The summed E-state index contributed by atoms with van der Waals surface area (Å²) >= 11 is 1.46. The average Bonchev–Trinajstić information content (AvgIpc) is 4.24. The number of amides is 4. The summed E-state index contributed by atoms with van der Waals surface area (Å²) in [5.41, 5.74) is 5.20. The number of nitrogens with one attached hydrogen (secondary N) is 4. The van der Waals surface area contributed by atoms with Crippen LogP contribution in [-0.4, -0.2) is 108 Å². The van der Waals surface area contributed by atoms with Crippen molar-refractivity contribution in [3.05, 3.63) is 102 Å². The van der Waals surface area contributed by atoms with E-state index in [0.717, 1.165) is 50.5 Å². The van der Waals surface area contributed by atoms with Crippen molar-refractivity contribution in [2.45, 2.75) is 83.8 Å². The number of alkyl carbamates (subject to hydrolysis) is 2. The SMILES string of the molecule is COC(=O)NC(C(=O)N1CCC[C@H]1c1ncc(-c2cc(F)c3c(c2)OC(c2cnc(-c4cccnc4)s2)n2c-3cc3cc(-c4cnc([C@@H]5CCCN5C(=O)C(NC(=O)OC)C(C)C)[nH]4)ccc32)[nH]1)C(C)C. The fourth-order valence-corrected chi connectivity index (χ4v) is 10.9. The van der Waals surface area contributed by atoms with Crippen LogP contribution in [0, 0.1) is 17.7 Å². The summed E-state index contributed by atoms with van der Waals surface area (Å²) in [4.78, 5) is 81.6. The van der Waals surface area contributed by atoms with Gasteiger partial charge >= 0.3 is 12.2 Å². The number of ether oxygens (including phenoxy) is 3. The normalized spacial score (nSPS) is 18.3. The second-order valence-corrected chi connectivity index (χ2v) is 19.8. The Morgan fingerprint density at radius 2 is 1.38 bits per heavy atom. The van der Waals surface area contributed by atoms with Crippen LogP contribution < -0.4 is 15.4 Å². The molecule has 7 aromatic rings. The number of aromatic nitrogens is 7. The molecule has 0 radical (unpaired) electrons. The Kier molecular flexibility index (Phi) is 12.8. The highest BCUT2D eigenvalue weighted by Crippen LogP contribution is 2.49. The summed E-state index contributed by atoms with van der Waals surface area (Å²) in [6, 6.07) is 12.8. The smallest absolute Gasteiger partial charge is 0.407 e. The molecule has 20 heteroatoms. The molecule has 0 bridgehead atoms. The fraction of sp³-hybridized carbons (Fsp3) is 0.373. The highest BCUT2D eigenvalue weighted by Gasteiger charge is 2.40. The maximum absolute atomic E-state index is 17.0. The third kappa shape index (κ3) is 8.84. The van der Waals surface area contributed by atoms with Gasteiger partial charge in [-0.15, -0.1) is 11.3 Å². The van der Waals surface area contributed by atoms with Gasteiger partial charge in [0.25, 0.3) is 0 Å². The van der Waals surface area contributed by atoms with Gasteiger partial charge in [-0.25, -0.2) is 28.9 Å². The monoisotopic (exact) mass is 983 g/mol. The van der Waals surface area contributed by atoms with E-state index in [1.54, 1.807) is 40.8 Å². The maximum Gasteiger partial charge on any atom is 0.407 e. The van der Waals surface area contributed by atoms with Gasteiger partial charge in [-0.2, -0.15) is 0 Å². The number of hydrogen-bond acceptors (Lipinski definition) is 12. The average molecular weight is 984 g/mol. The number of benzene rings is 2. The number of halogens is 1. The third-order valence-corrected chi connectivity index (χ3v) is 14.7. The van der Waals surface area contributed by atoms with E-state index in [1.807, 2.05) is 74.7 Å². The zero-order valence-electron chi connectivity index (χ0n) is 40.1. The van der Waals surface area contributed by atoms with Crippen molar-refractivity contribution >= 4 is 46.2 Å². The van der Waals surface area contributed by atoms with Gasteiger partial charge in [-0.1, -0.05) is 33.8 Å². The lowest BCUT2D eigenvalue weighted by molar-refractivity contribution is -0.136. The van der Waals surface area contributed by atoms with Crippen molar-refractivity contribution in [1.82, 2.24) is 54.9 Å². The van der Waals surface area contributed by atoms with Gasteiger partial charge < -0.3 is 44.6 Å². The van der Waals surface area contributed by atoms with Crippen LogP contribution >= 0.6 is 11.3 Å². The topological polar surface area (TPSA) is 215 Å². The highest BCUT2D eigenvalue weighted by atomic mass is 32.1. The molecule has 0 saturated carbocycles. The molecule has 2 fully saturated rings. The molecule has 8 heterocycles. The number of fused-ring (bicyclic) bond motifs is 5. The minimum absolute atomic E-state index is 0.164. The lowest BCUT2D eigenvalue weighted by Crippen LogP contribution is -2.51. The van der Waals surface area contributed by atoms with Crippen LogP contribution in [0.1, 0.15) is 88.2 Å². The Labute approximate surface area is 412 Å². The van der Waals surface area contributed by atoms with Crippen molar-refractivity contribution in [3.63, 3.8) is 0 Å². The number of rotatable bonds is 12. The van der Waals surface area contributed by atoms with Crippen molar-refractivity contribution in [2.24, 2.45) is 11.8 Å². The molecule has 2 aromatic carbocycles. The summed E-state index contributed by atoms with van der Waals surface area (Å²) in [6.07, 6.45) is 9.48. The van der Waals surface area contributed by atoms with E-state index in [4.69, 9.17) is 29.2 Å². The molecule has 2 saturated heterocycles. The molecular weight excluding hydrogens is 930 g/mol. The first-order valence-corrected chi connectivity index (χ1v) is 24.6. The number of likely N-dealkylation sites (tertiary alicyclic amines) is 2.